The molecule has 122 valence electrons. The summed E-state index contributed by atoms with van der Waals surface area (Å²) in [6.07, 6.45) is 6.80. The normalized spacial score (nSPS) is 18.1. The van der Waals surface area contributed by atoms with E-state index in [1.165, 1.54) is 0 Å². The van der Waals surface area contributed by atoms with E-state index in [-0.39, 0.29) is 12.0 Å². The Hall–Kier alpha value is -2.41. The van der Waals surface area contributed by atoms with Crippen molar-refractivity contribution in [3.05, 3.63) is 41.9 Å². The van der Waals surface area contributed by atoms with E-state index in [4.69, 9.17) is 10.5 Å². The van der Waals surface area contributed by atoms with Crippen molar-refractivity contribution in [1.82, 2.24) is 19.7 Å². The Morgan fingerprint density at radius 2 is 2.39 bits per heavy atom. The summed E-state index contributed by atoms with van der Waals surface area (Å²) in [4.78, 5) is 18.3. The lowest BCUT2D eigenvalue weighted by molar-refractivity contribution is -0.0246. The van der Waals surface area contributed by atoms with E-state index >= 15 is 0 Å². The molecule has 0 aliphatic carbocycles. The maximum absolute atomic E-state index is 12.5. The monoisotopic (exact) mass is 315 g/mol. The first-order valence-electron chi connectivity index (χ1n) is 7.72. The quantitative estimate of drug-likeness (QED) is 0.905. The summed E-state index contributed by atoms with van der Waals surface area (Å²) in [5, 5.41) is 4.06. The number of aromatic nitrogens is 3. The van der Waals surface area contributed by atoms with Gasteiger partial charge in [-0.2, -0.15) is 5.10 Å². The smallest absolute Gasteiger partial charge is 0.257 e. The van der Waals surface area contributed by atoms with Crippen molar-refractivity contribution in [2.75, 3.05) is 25.4 Å². The van der Waals surface area contributed by atoms with Crippen LogP contribution in [0.2, 0.25) is 0 Å². The number of rotatable bonds is 4. The number of nitrogen functional groups attached to an aromatic ring is 1. The molecule has 0 unspecified atom stereocenters. The van der Waals surface area contributed by atoms with Crippen molar-refractivity contribution >= 4 is 11.7 Å². The van der Waals surface area contributed by atoms with Gasteiger partial charge >= 0.3 is 0 Å². The lowest BCUT2D eigenvalue weighted by Crippen LogP contribution is -2.45. The molecule has 0 saturated carbocycles. The maximum Gasteiger partial charge on any atom is 0.257 e. The average Bonchev–Trinajstić information content (AvgIpc) is 2.99. The number of hydrogen-bond donors (Lipinski definition) is 1. The first-order valence-corrected chi connectivity index (χ1v) is 7.72. The zero-order valence-corrected chi connectivity index (χ0v) is 13.2. The first kappa shape index (κ1) is 15.5. The summed E-state index contributed by atoms with van der Waals surface area (Å²) >= 11 is 0. The van der Waals surface area contributed by atoms with Crippen LogP contribution in [0.25, 0.3) is 0 Å². The summed E-state index contributed by atoms with van der Waals surface area (Å²) in [5.74, 6) is 0.542. The van der Waals surface area contributed by atoms with E-state index in [2.05, 4.69) is 10.1 Å². The number of nitrogens with two attached hydrogens (primary N) is 1. The van der Waals surface area contributed by atoms with Gasteiger partial charge in [0.2, 0.25) is 0 Å². The van der Waals surface area contributed by atoms with Crippen LogP contribution >= 0.6 is 0 Å². The van der Waals surface area contributed by atoms with Crippen molar-refractivity contribution < 1.29 is 9.53 Å². The molecule has 1 atom stereocenters. The van der Waals surface area contributed by atoms with Crippen LogP contribution in [0.3, 0.4) is 0 Å². The number of nitrogens with zero attached hydrogens (tertiary/aromatic N) is 4. The Morgan fingerprint density at radius 3 is 3.13 bits per heavy atom. The molecule has 3 heterocycles. The Morgan fingerprint density at radius 1 is 1.52 bits per heavy atom. The molecule has 0 spiro atoms. The second-order valence-corrected chi connectivity index (χ2v) is 5.77. The largest absolute Gasteiger partial charge is 0.384 e. The van der Waals surface area contributed by atoms with Gasteiger partial charge in [0.25, 0.3) is 5.91 Å². The molecule has 0 radical (unpaired) electrons. The van der Waals surface area contributed by atoms with E-state index in [0.717, 1.165) is 18.4 Å². The van der Waals surface area contributed by atoms with Gasteiger partial charge in [0.15, 0.2) is 0 Å². The average molecular weight is 315 g/mol. The number of pyridine rings is 1. The van der Waals surface area contributed by atoms with Crippen LogP contribution in [0.1, 0.15) is 22.3 Å². The number of carbonyl (C=O) groups excluding carboxylic acids is 1. The summed E-state index contributed by atoms with van der Waals surface area (Å²) in [7, 11) is 1.80. The number of ether oxygens (including phenoxy) is 1. The van der Waals surface area contributed by atoms with E-state index in [1.807, 2.05) is 17.0 Å². The highest BCUT2D eigenvalue weighted by Gasteiger charge is 2.25. The minimum atomic E-state index is 0.0135. The number of aryl methyl sites for hydroxylation is 2. The van der Waals surface area contributed by atoms with Crippen molar-refractivity contribution in [2.45, 2.75) is 18.9 Å². The zero-order chi connectivity index (χ0) is 16.2. The fraction of sp³-hybridized carbons (Fsp3) is 0.438. The van der Waals surface area contributed by atoms with Gasteiger partial charge in [0, 0.05) is 32.5 Å². The zero-order valence-electron chi connectivity index (χ0n) is 13.2. The molecule has 0 bridgehead atoms. The Labute approximate surface area is 135 Å². The van der Waals surface area contributed by atoms with Gasteiger partial charge in [-0.3, -0.25) is 9.48 Å². The third-order valence-electron chi connectivity index (χ3n) is 3.98. The maximum atomic E-state index is 12.5. The first-order chi connectivity index (χ1) is 11.1. The van der Waals surface area contributed by atoms with Crippen LogP contribution < -0.4 is 5.73 Å². The van der Waals surface area contributed by atoms with Gasteiger partial charge in [0.05, 0.1) is 24.5 Å². The molecule has 7 nitrogen and oxygen atoms in total. The Kier molecular flexibility index (Phi) is 4.57. The van der Waals surface area contributed by atoms with E-state index in [1.54, 1.807) is 30.3 Å². The molecule has 1 aliphatic heterocycles. The molecule has 7 heteroatoms. The molecular weight excluding hydrogens is 294 g/mol. The number of hydrogen-bond acceptors (Lipinski definition) is 5. The van der Waals surface area contributed by atoms with Crippen LogP contribution in [0.5, 0.6) is 0 Å². The predicted molar refractivity (Wildman–Crippen MR) is 85.8 cm³/mol. The molecule has 1 amide bonds. The lowest BCUT2D eigenvalue weighted by Gasteiger charge is -2.32. The number of amides is 1. The molecule has 1 saturated heterocycles. The number of morpholine rings is 1. The van der Waals surface area contributed by atoms with Crippen LogP contribution in [-0.2, 0) is 18.2 Å². The minimum absolute atomic E-state index is 0.0135. The van der Waals surface area contributed by atoms with Crippen molar-refractivity contribution in [1.29, 1.82) is 0 Å². The van der Waals surface area contributed by atoms with Gasteiger partial charge in [-0.1, -0.05) is 0 Å². The van der Waals surface area contributed by atoms with Gasteiger partial charge < -0.3 is 15.4 Å². The van der Waals surface area contributed by atoms with Gasteiger partial charge in [-0.05, 0) is 30.5 Å². The summed E-state index contributed by atoms with van der Waals surface area (Å²) in [6.45, 7) is 1.79. The Balaban J connectivity index is 1.56. The van der Waals surface area contributed by atoms with Crippen molar-refractivity contribution in [3.63, 3.8) is 0 Å². The highest BCUT2D eigenvalue weighted by Crippen LogP contribution is 2.15. The van der Waals surface area contributed by atoms with E-state index in [0.29, 0.717) is 31.1 Å². The molecule has 3 rings (SSSR count). The fourth-order valence-electron chi connectivity index (χ4n) is 2.77. The van der Waals surface area contributed by atoms with Crippen LogP contribution in [-0.4, -0.2) is 51.4 Å². The number of anilines is 1. The van der Waals surface area contributed by atoms with Gasteiger partial charge in [-0.15, -0.1) is 0 Å². The highest BCUT2D eigenvalue weighted by atomic mass is 16.5. The van der Waals surface area contributed by atoms with E-state index < -0.39 is 0 Å². The molecule has 23 heavy (non-hydrogen) atoms. The summed E-state index contributed by atoms with van der Waals surface area (Å²) in [5.41, 5.74) is 7.45. The number of carbonyl (C=O) groups is 1. The van der Waals surface area contributed by atoms with Crippen LogP contribution in [0.15, 0.2) is 30.7 Å². The highest BCUT2D eigenvalue weighted by molar-refractivity contribution is 5.93. The Bertz CT molecular complexity index is 685. The van der Waals surface area contributed by atoms with Crippen LogP contribution in [0, 0.1) is 0 Å². The molecule has 1 aliphatic rings. The second kappa shape index (κ2) is 6.78. The molecule has 2 aromatic rings. The van der Waals surface area contributed by atoms with Crippen LogP contribution in [0.4, 0.5) is 5.82 Å². The third-order valence-corrected chi connectivity index (χ3v) is 3.98. The molecular formula is C16H21N5O2. The van der Waals surface area contributed by atoms with Gasteiger partial charge in [-0.25, -0.2) is 4.98 Å². The molecule has 0 aromatic carbocycles. The molecule has 2 N–H and O–H groups in total. The molecule has 1 fully saturated rings. The van der Waals surface area contributed by atoms with E-state index in [9.17, 15) is 4.79 Å². The summed E-state index contributed by atoms with van der Waals surface area (Å²) in [6, 6.07) is 3.83. The second-order valence-electron chi connectivity index (χ2n) is 5.77. The standard InChI is InChI=1S/C16H21N5O2/c1-20-10-13(9-19-20)16(22)21-6-7-23-14(11-21)3-2-12-4-5-18-15(17)8-12/h4-5,8-10,14H,2-3,6-7,11H2,1H3,(H2,17,18)/t14-/m0/s1. The van der Waals surface area contributed by atoms with Gasteiger partial charge in [0.1, 0.15) is 5.82 Å². The minimum Gasteiger partial charge on any atom is -0.384 e. The third kappa shape index (κ3) is 3.87. The van der Waals surface area contributed by atoms with Crippen molar-refractivity contribution in [2.24, 2.45) is 7.05 Å². The summed E-state index contributed by atoms with van der Waals surface area (Å²) < 4.78 is 7.43. The topological polar surface area (TPSA) is 86.3 Å². The molecule has 2 aromatic heterocycles. The lowest BCUT2D eigenvalue weighted by atomic mass is 10.1. The van der Waals surface area contributed by atoms with Crippen molar-refractivity contribution in [3.8, 4) is 0 Å². The fourth-order valence-corrected chi connectivity index (χ4v) is 2.77. The predicted octanol–water partition coefficient (Wildman–Crippen LogP) is 0.871. The SMILES string of the molecule is Cn1cc(C(=O)N2CCO[C@@H](CCc3ccnc(N)c3)C2)cn1.